The highest BCUT2D eigenvalue weighted by Crippen LogP contribution is 2.27. The van der Waals surface area contributed by atoms with Crippen LogP contribution in [-0.2, 0) is 16.0 Å². The number of hydrogen-bond acceptors (Lipinski definition) is 4. The van der Waals surface area contributed by atoms with E-state index < -0.39 is 0 Å². The van der Waals surface area contributed by atoms with E-state index in [4.69, 9.17) is 0 Å². The Hall–Kier alpha value is -3.19. The van der Waals surface area contributed by atoms with Crippen molar-refractivity contribution in [3.05, 3.63) is 59.7 Å². The van der Waals surface area contributed by atoms with Gasteiger partial charge in [-0.1, -0.05) is 18.2 Å². The van der Waals surface area contributed by atoms with E-state index in [9.17, 15) is 14.4 Å². The summed E-state index contributed by atoms with van der Waals surface area (Å²) in [4.78, 5) is 41.0. The number of benzene rings is 2. The van der Waals surface area contributed by atoms with E-state index in [2.05, 4.69) is 16.7 Å². The van der Waals surface area contributed by atoms with Crippen molar-refractivity contribution in [1.82, 2.24) is 10.2 Å². The Kier molecular flexibility index (Phi) is 8.39. The molecular formula is C25H32N4O3. The van der Waals surface area contributed by atoms with Crippen molar-refractivity contribution in [3.8, 4) is 0 Å². The van der Waals surface area contributed by atoms with Gasteiger partial charge < -0.3 is 20.4 Å². The molecule has 0 spiro atoms. The van der Waals surface area contributed by atoms with Gasteiger partial charge in [-0.2, -0.15) is 0 Å². The van der Waals surface area contributed by atoms with Crippen molar-refractivity contribution in [3.63, 3.8) is 0 Å². The predicted octanol–water partition coefficient (Wildman–Crippen LogP) is 3.07. The lowest BCUT2D eigenvalue weighted by atomic mass is 10.1. The molecule has 0 saturated heterocycles. The number of amides is 3. The average Bonchev–Trinajstić information content (AvgIpc) is 3.00. The van der Waals surface area contributed by atoms with Crippen LogP contribution in [0.3, 0.4) is 0 Å². The highest BCUT2D eigenvalue weighted by Gasteiger charge is 2.22. The van der Waals surface area contributed by atoms with Crippen LogP contribution in [0.5, 0.6) is 0 Å². The van der Waals surface area contributed by atoms with Crippen molar-refractivity contribution in [2.45, 2.75) is 32.1 Å². The first-order valence-corrected chi connectivity index (χ1v) is 11.1. The minimum absolute atomic E-state index is 0.0355. The number of anilines is 2. The number of hydrogen-bond donors (Lipinski definition) is 2. The monoisotopic (exact) mass is 436 g/mol. The molecule has 32 heavy (non-hydrogen) atoms. The van der Waals surface area contributed by atoms with Crippen molar-refractivity contribution in [2.75, 3.05) is 43.9 Å². The van der Waals surface area contributed by atoms with E-state index in [1.165, 1.54) is 5.56 Å². The standard InChI is InChI=1S/C25H32N4O3/c1-28(2)18-16-26-23(30)14-15-24(31)27-21-12-10-20(11-13-21)25(32)29-17-6-5-8-19-7-3-4-9-22(19)29/h3-4,7,9-13H,5-6,8,14-18H2,1-2H3,(H,26,30)(H,27,31). The summed E-state index contributed by atoms with van der Waals surface area (Å²) in [7, 11) is 3.87. The second kappa shape index (κ2) is 11.4. The summed E-state index contributed by atoms with van der Waals surface area (Å²) in [6.45, 7) is 2.02. The maximum Gasteiger partial charge on any atom is 0.258 e. The Bertz CT molecular complexity index is 940. The molecule has 0 radical (unpaired) electrons. The summed E-state index contributed by atoms with van der Waals surface area (Å²) in [6.07, 6.45) is 3.28. The second-order valence-electron chi connectivity index (χ2n) is 8.32. The summed E-state index contributed by atoms with van der Waals surface area (Å²) in [5.74, 6) is -0.402. The molecule has 3 amide bonds. The Morgan fingerprint density at radius 3 is 2.41 bits per heavy atom. The molecule has 1 heterocycles. The van der Waals surface area contributed by atoms with Crippen molar-refractivity contribution in [2.24, 2.45) is 0 Å². The van der Waals surface area contributed by atoms with E-state index in [0.717, 1.165) is 31.5 Å². The van der Waals surface area contributed by atoms with E-state index in [-0.39, 0.29) is 30.6 Å². The fourth-order valence-electron chi connectivity index (χ4n) is 3.71. The maximum atomic E-state index is 13.1. The largest absolute Gasteiger partial charge is 0.355 e. The third kappa shape index (κ3) is 6.65. The number of fused-ring (bicyclic) bond motifs is 1. The highest BCUT2D eigenvalue weighted by atomic mass is 16.2. The Balaban J connectivity index is 1.53. The Morgan fingerprint density at radius 1 is 0.938 bits per heavy atom. The summed E-state index contributed by atoms with van der Waals surface area (Å²) < 4.78 is 0. The SMILES string of the molecule is CN(C)CCNC(=O)CCC(=O)Nc1ccc(C(=O)N2CCCCc3ccccc32)cc1. The Labute approximate surface area is 189 Å². The molecule has 0 fully saturated rings. The molecule has 0 aliphatic carbocycles. The minimum Gasteiger partial charge on any atom is -0.355 e. The molecule has 2 aromatic rings. The van der Waals surface area contributed by atoms with Crippen LogP contribution in [0.1, 0.15) is 41.6 Å². The lowest BCUT2D eigenvalue weighted by molar-refractivity contribution is -0.124. The van der Waals surface area contributed by atoms with Gasteiger partial charge in [0.05, 0.1) is 0 Å². The zero-order chi connectivity index (χ0) is 22.9. The molecular weight excluding hydrogens is 404 g/mol. The highest BCUT2D eigenvalue weighted by molar-refractivity contribution is 6.07. The van der Waals surface area contributed by atoms with Crippen LogP contribution in [-0.4, -0.2) is 56.4 Å². The van der Waals surface area contributed by atoms with Gasteiger partial charge in [0, 0.05) is 49.4 Å². The van der Waals surface area contributed by atoms with Gasteiger partial charge in [-0.15, -0.1) is 0 Å². The van der Waals surface area contributed by atoms with Gasteiger partial charge >= 0.3 is 0 Å². The van der Waals surface area contributed by atoms with Gasteiger partial charge in [0.25, 0.3) is 5.91 Å². The zero-order valence-electron chi connectivity index (χ0n) is 18.9. The minimum atomic E-state index is -0.228. The molecule has 0 saturated carbocycles. The summed E-state index contributed by atoms with van der Waals surface area (Å²) in [5, 5.41) is 5.58. The number of para-hydroxylation sites is 1. The molecule has 0 aromatic heterocycles. The zero-order valence-corrected chi connectivity index (χ0v) is 18.9. The van der Waals surface area contributed by atoms with E-state index >= 15 is 0 Å². The summed E-state index contributed by atoms with van der Waals surface area (Å²) >= 11 is 0. The number of aryl methyl sites for hydroxylation is 1. The van der Waals surface area contributed by atoms with E-state index in [1.807, 2.05) is 42.1 Å². The van der Waals surface area contributed by atoms with Gasteiger partial charge in [0.1, 0.15) is 0 Å². The number of carbonyl (C=O) groups excluding carboxylic acids is 3. The third-order valence-electron chi connectivity index (χ3n) is 5.48. The average molecular weight is 437 g/mol. The number of likely N-dealkylation sites (N-methyl/N-ethyl adjacent to an activating group) is 1. The van der Waals surface area contributed by atoms with Gasteiger partial charge in [0.15, 0.2) is 0 Å². The van der Waals surface area contributed by atoms with Gasteiger partial charge in [-0.3, -0.25) is 14.4 Å². The smallest absolute Gasteiger partial charge is 0.258 e. The number of carbonyl (C=O) groups is 3. The number of nitrogens with zero attached hydrogens (tertiary/aromatic N) is 2. The van der Waals surface area contributed by atoms with Gasteiger partial charge in [-0.05, 0) is 69.3 Å². The van der Waals surface area contributed by atoms with Crippen LogP contribution in [0.2, 0.25) is 0 Å². The van der Waals surface area contributed by atoms with E-state index in [0.29, 0.717) is 24.3 Å². The summed E-state index contributed by atoms with van der Waals surface area (Å²) in [5.41, 5.74) is 3.38. The lowest BCUT2D eigenvalue weighted by Gasteiger charge is -2.23. The van der Waals surface area contributed by atoms with Crippen LogP contribution < -0.4 is 15.5 Å². The number of rotatable bonds is 8. The maximum absolute atomic E-state index is 13.1. The van der Waals surface area contributed by atoms with Gasteiger partial charge in [-0.25, -0.2) is 0 Å². The van der Waals surface area contributed by atoms with Gasteiger partial charge in [0.2, 0.25) is 11.8 Å². The normalized spacial score (nSPS) is 13.3. The third-order valence-corrected chi connectivity index (χ3v) is 5.48. The topological polar surface area (TPSA) is 81.8 Å². The quantitative estimate of drug-likeness (QED) is 0.666. The molecule has 2 N–H and O–H groups in total. The molecule has 1 aliphatic rings. The van der Waals surface area contributed by atoms with Crippen molar-refractivity contribution in [1.29, 1.82) is 0 Å². The van der Waals surface area contributed by atoms with Crippen LogP contribution in [0.15, 0.2) is 48.5 Å². The molecule has 170 valence electrons. The fraction of sp³-hybridized carbons (Fsp3) is 0.400. The molecule has 0 atom stereocenters. The van der Waals surface area contributed by atoms with Crippen LogP contribution >= 0.6 is 0 Å². The Morgan fingerprint density at radius 2 is 1.66 bits per heavy atom. The van der Waals surface area contributed by atoms with Crippen LogP contribution in [0.4, 0.5) is 11.4 Å². The molecule has 7 heteroatoms. The lowest BCUT2D eigenvalue weighted by Crippen LogP contribution is -2.32. The first kappa shape index (κ1) is 23.5. The molecule has 3 rings (SSSR count). The molecule has 7 nitrogen and oxygen atoms in total. The molecule has 0 unspecified atom stereocenters. The predicted molar refractivity (Wildman–Crippen MR) is 127 cm³/mol. The van der Waals surface area contributed by atoms with Crippen molar-refractivity contribution < 1.29 is 14.4 Å². The first-order valence-electron chi connectivity index (χ1n) is 11.1. The molecule has 2 aromatic carbocycles. The fourth-order valence-corrected chi connectivity index (χ4v) is 3.71. The van der Waals surface area contributed by atoms with Crippen LogP contribution in [0.25, 0.3) is 0 Å². The molecule has 0 bridgehead atoms. The van der Waals surface area contributed by atoms with Crippen molar-refractivity contribution >= 4 is 29.1 Å². The second-order valence-corrected chi connectivity index (χ2v) is 8.32. The first-order chi connectivity index (χ1) is 15.4. The van der Waals surface area contributed by atoms with Crippen LogP contribution in [0, 0.1) is 0 Å². The number of nitrogens with one attached hydrogen (secondary N) is 2. The molecule has 1 aliphatic heterocycles. The summed E-state index contributed by atoms with van der Waals surface area (Å²) in [6, 6.07) is 15.0. The van der Waals surface area contributed by atoms with E-state index in [1.54, 1.807) is 24.3 Å².